The molecule has 0 radical (unpaired) electrons. The molecule has 1 rings (SSSR count). The smallest absolute Gasteiger partial charge is 0.341 e. The molecule has 0 aliphatic rings. The van der Waals surface area contributed by atoms with E-state index in [1.54, 1.807) is 6.07 Å². The Labute approximate surface area is 85.9 Å². The van der Waals surface area contributed by atoms with E-state index in [2.05, 4.69) is 15.0 Å². The van der Waals surface area contributed by atoms with Crippen molar-refractivity contribution in [3.8, 4) is 0 Å². The Kier molecular flexibility index (Phi) is 3.61. The minimum absolute atomic E-state index is 0.201. The van der Waals surface area contributed by atoms with E-state index in [0.717, 1.165) is 0 Å². The molecule has 0 bridgehead atoms. The van der Waals surface area contributed by atoms with Crippen molar-refractivity contribution < 1.29 is 19.4 Å². The number of anilines is 1. The topological polar surface area (TPSA) is 88.5 Å². The lowest BCUT2D eigenvalue weighted by molar-refractivity contribution is -0.134. The summed E-state index contributed by atoms with van der Waals surface area (Å²) in [5.41, 5.74) is 0.209. The third-order valence-electron chi connectivity index (χ3n) is 1.62. The van der Waals surface area contributed by atoms with Gasteiger partial charge in [0, 0.05) is 6.20 Å². The van der Waals surface area contributed by atoms with Gasteiger partial charge in [-0.25, -0.2) is 9.78 Å². The summed E-state index contributed by atoms with van der Waals surface area (Å²) in [5.74, 6) is -1.39. The monoisotopic (exact) mass is 210 g/mol. The van der Waals surface area contributed by atoms with E-state index >= 15 is 0 Å². The van der Waals surface area contributed by atoms with Crippen LogP contribution in [0.3, 0.4) is 0 Å². The van der Waals surface area contributed by atoms with Gasteiger partial charge in [-0.1, -0.05) is 0 Å². The number of nitrogens with one attached hydrogen (secondary N) is 1. The van der Waals surface area contributed by atoms with E-state index in [1.165, 1.54) is 19.4 Å². The summed E-state index contributed by atoms with van der Waals surface area (Å²) in [6.07, 6.45) is 1.45. The van der Waals surface area contributed by atoms with Gasteiger partial charge in [0.2, 0.25) is 0 Å². The standard InChI is InChI=1S/C9H10N2O4/c1-15-9(14)6-3-2-4-10-8(6)11-5-7(12)13/h2-4H,5H2,1H3,(H,10,11)(H,12,13). The molecule has 0 saturated carbocycles. The maximum Gasteiger partial charge on any atom is 0.341 e. The highest BCUT2D eigenvalue weighted by Crippen LogP contribution is 2.11. The second-order valence-electron chi connectivity index (χ2n) is 2.64. The lowest BCUT2D eigenvalue weighted by Crippen LogP contribution is -2.16. The molecule has 1 aromatic rings. The Bertz CT molecular complexity index is 378. The number of carbonyl (C=O) groups is 2. The van der Waals surface area contributed by atoms with Crippen LogP contribution in [0.4, 0.5) is 5.82 Å². The number of methoxy groups -OCH3 is 1. The SMILES string of the molecule is COC(=O)c1cccnc1NCC(=O)O. The largest absolute Gasteiger partial charge is 0.480 e. The maximum absolute atomic E-state index is 11.2. The van der Waals surface area contributed by atoms with Crippen LogP contribution in [0, 0.1) is 0 Å². The van der Waals surface area contributed by atoms with Crippen LogP contribution in [0.15, 0.2) is 18.3 Å². The first kappa shape index (κ1) is 11.0. The molecule has 0 saturated heterocycles. The normalized spacial score (nSPS) is 9.40. The van der Waals surface area contributed by atoms with Gasteiger partial charge in [0.05, 0.1) is 7.11 Å². The fourth-order valence-electron chi connectivity index (χ4n) is 0.980. The van der Waals surface area contributed by atoms with Crippen molar-refractivity contribution >= 4 is 17.8 Å². The quantitative estimate of drug-likeness (QED) is 0.698. The summed E-state index contributed by atoms with van der Waals surface area (Å²) in [5, 5.41) is 11.0. The van der Waals surface area contributed by atoms with E-state index in [-0.39, 0.29) is 17.9 Å². The summed E-state index contributed by atoms with van der Waals surface area (Å²) in [6, 6.07) is 3.07. The van der Waals surface area contributed by atoms with Gasteiger partial charge in [0.1, 0.15) is 17.9 Å². The predicted octanol–water partition coefficient (Wildman–Crippen LogP) is 0.365. The fraction of sp³-hybridized carbons (Fsp3) is 0.222. The third kappa shape index (κ3) is 2.94. The van der Waals surface area contributed by atoms with Gasteiger partial charge in [-0.05, 0) is 12.1 Å². The number of carboxylic acid groups (broad SMARTS) is 1. The summed E-state index contributed by atoms with van der Waals surface area (Å²) in [4.78, 5) is 25.4. The zero-order valence-electron chi connectivity index (χ0n) is 8.06. The number of hydrogen-bond donors (Lipinski definition) is 2. The van der Waals surface area contributed by atoms with Gasteiger partial charge in [0.15, 0.2) is 0 Å². The third-order valence-corrected chi connectivity index (χ3v) is 1.62. The number of carboxylic acids is 1. The van der Waals surface area contributed by atoms with Gasteiger partial charge in [-0.3, -0.25) is 4.79 Å². The first-order chi connectivity index (χ1) is 7.15. The van der Waals surface area contributed by atoms with Crippen molar-refractivity contribution in [1.82, 2.24) is 4.98 Å². The molecule has 6 heteroatoms. The molecular formula is C9H10N2O4. The number of pyridine rings is 1. The maximum atomic E-state index is 11.2. The number of aliphatic carboxylic acids is 1. The van der Waals surface area contributed by atoms with Crippen molar-refractivity contribution in [3.63, 3.8) is 0 Å². The number of esters is 1. The van der Waals surface area contributed by atoms with E-state index in [9.17, 15) is 9.59 Å². The summed E-state index contributed by atoms with van der Waals surface area (Å²) >= 11 is 0. The molecule has 2 N–H and O–H groups in total. The minimum atomic E-state index is -1.03. The van der Waals surface area contributed by atoms with Crippen LogP contribution in [-0.2, 0) is 9.53 Å². The summed E-state index contributed by atoms with van der Waals surface area (Å²) < 4.78 is 4.52. The zero-order valence-corrected chi connectivity index (χ0v) is 8.06. The van der Waals surface area contributed by atoms with Gasteiger partial charge >= 0.3 is 11.9 Å². The number of carbonyl (C=O) groups excluding carboxylic acids is 1. The van der Waals surface area contributed by atoms with Crippen molar-refractivity contribution in [2.24, 2.45) is 0 Å². The van der Waals surface area contributed by atoms with Crippen LogP contribution >= 0.6 is 0 Å². The molecule has 80 valence electrons. The summed E-state index contributed by atoms with van der Waals surface area (Å²) in [7, 11) is 1.25. The Hall–Kier alpha value is -2.11. The van der Waals surface area contributed by atoms with Gasteiger partial charge in [-0.2, -0.15) is 0 Å². The Balaban J connectivity index is 2.86. The highest BCUT2D eigenvalue weighted by atomic mass is 16.5. The average molecular weight is 210 g/mol. The van der Waals surface area contributed by atoms with Crippen LogP contribution in [0.2, 0.25) is 0 Å². The second-order valence-corrected chi connectivity index (χ2v) is 2.64. The van der Waals surface area contributed by atoms with Crippen molar-refractivity contribution in [3.05, 3.63) is 23.9 Å². The molecule has 0 aromatic carbocycles. The molecule has 0 unspecified atom stereocenters. The number of rotatable bonds is 4. The Morgan fingerprint density at radius 3 is 2.93 bits per heavy atom. The molecular weight excluding hydrogens is 200 g/mol. The van der Waals surface area contributed by atoms with Crippen LogP contribution in [0.25, 0.3) is 0 Å². The lowest BCUT2D eigenvalue weighted by atomic mass is 10.2. The van der Waals surface area contributed by atoms with Crippen LogP contribution in [0.1, 0.15) is 10.4 Å². The van der Waals surface area contributed by atoms with E-state index in [1.807, 2.05) is 0 Å². The second kappa shape index (κ2) is 4.94. The van der Waals surface area contributed by atoms with Gasteiger partial charge in [-0.15, -0.1) is 0 Å². The van der Waals surface area contributed by atoms with Crippen molar-refractivity contribution in [2.45, 2.75) is 0 Å². The van der Waals surface area contributed by atoms with Crippen LogP contribution in [-0.4, -0.2) is 35.7 Å². The van der Waals surface area contributed by atoms with Crippen molar-refractivity contribution in [2.75, 3.05) is 19.0 Å². The molecule has 0 atom stereocenters. The zero-order chi connectivity index (χ0) is 11.3. The lowest BCUT2D eigenvalue weighted by Gasteiger charge is -2.06. The molecule has 1 aromatic heterocycles. The molecule has 1 heterocycles. The fourth-order valence-corrected chi connectivity index (χ4v) is 0.980. The molecule has 15 heavy (non-hydrogen) atoms. The first-order valence-corrected chi connectivity index (χ1v) is 4.14. The predicted molar refractivity (Wildman–Crippen MR) is 51.7 cm³/mol. The summed E-state index contributed by atoms with van der Waals surface area (Å²) in [6.45, 7) is -0.305. The van der Waals surface area contributed by atoms with Gasteiger partial charge < -0.3 is 15.2 Å². The van der Waals surface area contributed by atoms with E-state index < -0.39 is 11.9 Å². The molecule has 0 aliphatic carbocycles. The van der Waals surface area contributed by atoms with E-state index in [4.69, 9.17) is 5.11 Å². The first-order valence-electron chi connectivity index (χ1n) is 4.14. The minimum Gasteiger partial charge on any atom is -0.480 e. The average Bonchev–Trinajstić information content (AvgIpc) is 2.25. The number of nitrogens with zero attached hydrogens (tertiary/aromatic N) is 1. The molecule has 0 fully saturated rings. The van der Waals surface area contributed by atoms with Crippen molar-refractivity contribution in [1.29, 1.82) is 0 Å². The number of hydrogen-bond acceptors (Lipinski definition) is 5. The molecule has 0 aliphatic heterocycles. The highest BCUT2D eigenvalue weighted by molar-refractivity contribution is 5.94. The highest BCUT2D eigenvalue weighted by Gasteiger charge is 2.12. The number of ether oxygens (including phenoxy) is 1. The number of aromatic nitrogens is 1. The Morgan fingerprint density at radius 1 is 1.60 bits per heavy atom. The molecule has 0 spiro atoms. The van der Waals surface area contributed by atoms with Gasteiger partial charge in [0.25, 0.3) is 0 Å². The van der Waals surface area contributed by atoms with Crippen LogP contribution < -0.4 is 5.32 Å². The molecule has 0 amide bonds. The molecule has 6 nitrogen and oxygen atoms in total. The van der Waals surface area contributed by atoms with Crippen LogP contribution in [0.5, 0.6) is 0 Å². The van der Waals surface area contributed by atoms with E-state index in [0.29, 0.717) is 0 Å². The Morgan fingerprint density at radius 2 is 2.33 bits per heavy atom.